The van der Waals surface area contributed by atoms with Crippen molar-refractivity contribution in [2.45, 2.75) is 95.2 Å². The summed E-state index contributed by atoms with van der Waals surface area (Å²) in [5.41, 5.74) is 0. The predicted molar refractivity (Wildman–Crippen MR) is 96.5 cm³/mol. The number of hydrogen-bond acceptors (Lipinski definition) is 4. The third-order valence-corrected chi connectivity index (χ3v) is 4.70. The van der Waals surface area contributed by atoms with E-state index in [0.717, 1.165) is 25.7 Å². The van der Waals surface area contributed by atoms with Gasteiger partial charge < -0.3 is 19.7 Å². The van der Waals surface area contributed by atoms with E-state index in [1.807, 2.05) is 12.2 Å². The largest absolute Gasteiger partial charge is 0.481 e. The molecular weight excluding hydrogens is 320 g/mol. The first-order valence-electron chi connectivity index (χ1n) is 9.66. The fraction of sp³-hybridized carbons (Fsp3) is 0.750. The molecule has 0 bridgehead atoms. The first-order chi connectivity index (χ1) is 12.1. The van der Waals surface area contributed by atoms with Crippen LogP contribution in [0.1, 0.15) is 64.7 Å². The van der Waals surface area contributed by atoms with Crippen LogP contribution in [0.4, 0.5) is 0 Å². The molecule has 2 rings (SSSR count). The number of allylic oxidation sites excluding steroid dienone is 3. The zero-order chi connectivity index (χ0) is 18.1. The Morgan fingerprint density at radius 1 is 1.04 bits per heavy atom. The first kappa shape index (κ1) is 20.1. The minimum Gasteiger partial charge on any atom is -0.481 e. The fourth-order valence-corrected chi connectivity index (χ4v) is 3.08. The molecule has 0 amide bonds. The molecule has 2 aliphatic rings. The van der Waals surface area contributed by atoms with Gasteiger partial charge >= 0.3 is 5.97 Å². The highest BCUT2D eigenvalue weighted by molar-refractivity contribution is 5.66. The summed E-state index contributed by atoms with van der Waals surface area (Å²) in [7, 11) is 0. The average molecular weight is 352 g/mol. The van der Waals surface area contributed by atoms with Crippen LogP contribution in [0.25, 0.3) is 0 Å². The van der Waals surface area contributed by atoms with E-state index in [1.54, 1.807) is 0 Å². The second-order valence-electron chi connectivity index (χ2n) is 6.95. The molecule has 5 atom stereocenters. The van der Waals surface area contributed by atoms with E-state index in [9.17, 15) is 9.90 Å². The maximum Gasteiger partial charge on any atom is 0.303 e. The number of hydrogen-bond donors (Lipinski definition) is 2. The van der Waals surface area contributed by atoms with Gasteiger partial charge in [0.2, 0.25) is 0 Å². The van der Waals surface area contributed by atoms with E-state index >= 15 is 0 Å². The maximum absolute atomic E-state index is 10.4. The lowest BCUT2D eigenvalue weighted by atomic mass is 10.1. The van der Waals surface area contributed by atoms with Gasteiger partial charge in [-0.05, 0) is 38.5 Å². The first-order valence-corrected chi connectivity index (χ1v) is 9.66. The van der Waals surface area contributed by atoms with E-state index < -0.39 is 12.1 Å². The molecule has 2 aliphatic heterocycles. The van der Waals surface area contributed by atoms with Crippen LogP contribution in [0, 0.1) is 0 Å². The number of aliphatic hydroxyl groups excluding tert-OH is 1. The Hall–Kier alpha value is -1.17. The van der Waals surface area contributed by atoms with Crippen LogP contribution in [0.15, 0.2) is 24.3 Å². The van der Waals surface area contributed by atoms with Crippen LogP contribution < -0.4 is 0 Å². The van der Waals surface area contributed by atoms with Crippen molar-refractivity contribution in [2.24, 2.45) is 0 Å². The van der Waals surface area contributed by atoms with Crippen LogP contribution in [0.5, 0.6) is 0 Å². The van der Waals surface area contributed by atoms with Gasteiger partial charge in [-0.25, -0.2) is 0 Å². The number of unbranched alkanes of at least 4 members (excludes halogenated alkanes) is 4. The van der Waals surface area contributed by atoms with Crippen LogP contribution >= 0.6 is 0 Å². The number of carboxylic acids is 1. The summed E-state index contributed by atoms with van der Waals surface area (Å²) >= 11 is 0. The molecular formula is C20H32O5. The molecule has 2 heterocycles. The lowest BCUT2D eigenvalue weighted by Gasteiger charge is -1.99. The van der Waals surface area contributed by atoms with Crippen LogP contribution in [-0.4, -0.2) is 46.7 Å². The number of ether oxygens (including phenoxy) is 2. The molecule has 0 aromatic heterocycles. The highest BCUT2D eigenvalue weighted by Gasteiger charge is 2.58. The zero-order valence-electron chi connectivity index (χ0n) is 15.2. The van der Waals surface area contributed by atoms with Gasteiger partial charge in [0.15, 0.2) is 0 Å². The molecule has 25 heavy (non-hydrogen) atoms. The number of carbonyl (C=O) groups is 1. The second kappa shape index (κ2) is 10.7. The third kappa shape index (κ3) is 7.72. The number of aliphatic hydroxyl groups is 1. The summed E-state index contributed by atoms with van der Waals surface area (Å²) in [6.45, 7) is 2.18. The van der Waals surface area contributed by atoms with Crippen molar-refractivity contribution in [1.82, 2.24) is 0 Å². The van der Waals surface area contributed by atoms with E-state index in [-0.39, 0.29) is 30.8 Å². The van der Waals surface area contributed by atoms with Gasteiger partial charge in [-0.3, -0.25) is 4.79 Å². The zero-order valence-corrected chi connectivity index (χ0v) is 15.2. The molecule has 142 valence electrons. The Kier molecular flexibility index (Phi) is 8.65. The molecule has 5 nitrogen and oxygen atoms in total. The fourth-order valence-electron chi connectivity index (χ4n) is 3.08. The van der Waals surface area contributed by atoms with E-state index in [1.165, 1.54) is 19.3 Å². The molecule has 2 fully saturated rings. The SMILES string of the molecule is CCCCC/C=C\[C@@H](O)C1OC1C1OC1CC/C=C\CCCC(=O)O. The summed E-state index contributed by atoms with van der Waals surface area (Å²) in [6.07, 6.45) is 16.1. The highest BCUT2D eigenvalue weighted by Crippen LogP contribution is 2.42. The van der Waals surface area contributed by atoms with Crippen molar-refractivity contribution >= 4 is 5.97 Å². The lowest BCUT2D eigenvalue weighted by molar-refractivity contribution is -0.137. The molecule has 4 unspecified atom stereocenters. The topological polar surface area (TPSA) is 82.6 Å². The van der Waals surface area contributed by atoms with Crippen molar-refractivity contribution in [3.8, 4) is 0 Å². The number of aliphatic carboxylic acids is 1. The van der Waals surface area contributed by atoms with Crippen molar-refractivity contribution in [1.29, 1.82) is 0 Å². The standard InChI is InChI=1S/C20H32O5/c1-2-3-4-6-9-12-15(21)18-20(25-18)19-16(24-19)13-10-7-5-8-11-14-17(22)23/h5,7,9,12,15-16,18-21H,2-4,6,8,10-11,13-14H2,1H3,(H,22,23)/b7-5-,12-9-/t15-,16?,18?,19?,20?/m1/s1. The Bertz CT molecular complexity index is 459. The summed E-state index contributed by atoms with van der Waals surface area (Å²) in [4.78, 5) is 10.4. The van der Waals surface area contributed by atoms with Gasteiger partial charge in [-0.15, -0.1) is 0 Å². The quantitative estimate of drug-likeness (QED) is 0.283. The number of rotatable bonds is 14. The van der Waals surface area contributed by atoms with E-state index in [4.69, 9.17) is 14.6 Å². The van der Waals surface area contributed by atoms with E-state index in [0.29, 0.717) is 6.42 Å². The molecule has 0 spiro atoms. The Morgan fingerprint density at radius 3 is 2.56 bits per heavy atom. The Labute approximate surface area is 150 Å². The van der Waals surface area contributed by atoms with Crippen LogP contribution in [0.2, 0.25) is 0 Å². The lowest BCUT2D eigenvalue weighted by Crippen LogP contribution is -2.17. The maximum atomic E-state index is 10.4. The smallest absolute Gasteiger partial charge is 0.303 e. The minimum atomic E-state index is -0.736. The summed E-state index contributed by atoms with van der Waals surface area (Å²) in [6, 6.07) is 0. The highest BCUT2D eigenvalue weighted by atomic mass is 16.7. The summed E-state index contributed by atoms with van der Waals surface area (Å²) in [5.74, 6) is -0.736. The van der Waals surface area contributed by atoms with Crippen molar-refractivity contribution in [3.63, 3.8) is 0 Å². The van der Waals surface area contributed by atoms with Crippen LogP contribution in [0.3, 0.4) is 0 Å². The second-order valence-corrected chi connectivity index (χ2v) is 6.95. The molecule has 0 aromatic carbocycles. The molecule has 0 radical (unpaired) electrons. The normalized spacial score (nSPS) is 29.4. The molecule has 2 N–H and O–H groups in total. The van der Waals surface area contributed by atoms with Gasteiger partial charge in [0.05, 0.1) is 6.10 Å². The summed E-state index contributed by atoms with van der Waals surface area (Å²) < 4.78 is 11.3. The van der Waals surface area contributed by atoms with Crippen LogP contribution in [-0.2, 0) is 14.3 Å². The number of epoxide rings is 2. The molecule has 0 aliphatic carbocycles. The van der Waals surface area contributed by atoms with Gasteiger partial charge in [-0.2, -0.15) is 0 Å². The molecule has 2 saturated heterocycles. The van der Waals surface area contributed by atoms with Gasteiger partial charge in [0, 0.05) is 6.42 Å². The Morgan fingerprint density at radius 2 is 1.80 bits per heavy atom. The minimum absolute atomic E-state index is 0.0415. The third-order valence-electron chi connectivity index (χ3n) is 4.70. The molecule has 0 saturated carbocycles. The molecule has 0 aromatic rings. The van der Waals surface area contributed by atoms with Crippen molar-refractivity contribution in [3.05, 3.63) is 24.3 Å². The van der Waals surface area contributed by atoms with E-state index in [2.05, 4.69) is 19.1 Å². The van der Waals surface area contributed by atoms with Crippen molar-refractivity contribution < 1.29 is 24.5 Å². The monoisotopic (exact) mass is 352 g/mol. The molecule has 5 heteroatoms. The van der Waals surface area contributed by atoms with Gasteiger partial charge in [-0.1, -0.05) is 44.1 Å². The predicted octanol–water partition coefficient (Wildman–Crippen LogP) is 3.61. The van der Waals surface area contributed by atoms with Crippen molar-refractivity contribution in [2.75, 3.05) is 0 Å². The average Bonchev–Trinajstić information content (AvgIpc) is 3.46. The number of carboxylic acid groups (broad SMARTS) is 1. The van der Waals surface area contributed by atoms with Gasteiger partial charge in [0.25, 0.3) is 0 Å². The summed E-state index contributed by atoms with van der Waals surface area (Å²) in [5, 5.41) is 18.6. The van der Waals surface area contributed by atoms with Gasteiger partial charge in [0.1, 0.15) is 24.4 Å². The Balaban J connectivity index is 1.50.